The molecular formula is C11H19N5. The van der Waals surface area contributed by atoms with Crippen molar-refractivity contribution in [3.63, 3.8) is 0 Å². The summed E-state index contributed by atoms with van der Waals surface area (Å²) in [6.07, 6.45) is 3.70. The second kappa shape index (κ2) is 5.23. The van der Waals surface area contributed by atoms with Crippen molar-refractivity contribution in [2.75, 3.05) is 19.6 Å². The van der Waals surface area contributed by atoms with Crippen molar-refractivity contribution in [2.24, 2.45) is 0 Å². The standard InChI is InChI=1S/C11H19N5/c1-3-4-12-7-10(2)15-5-6-16-9-13-14-11(16)8-15/h3,9-10,12H,1,4-8H2,2H3. The van der Waals surface area contributed by atoms with Crippen LogP contribution in [0.2, 0.25) is 0 Å². The second-order valence-electron chi connectivity index (χ2n) is 4.21. The molecule has 0 saturated heterocycles. The molecule has 88 valence electrons. The molecular weight excluding hydrogens is 202 g/mol. The first-order valence-electron chi connectivity index (χ1n) is 5.73. The van der Waals surface area contributed by atoms with Gasteiger partial charge in [0.1, 0.15) is 12.2 Å². The Kier molecular flexibility index (Phi) is 3.69. The third-order valence-electron chi connectivity index (χ3n) is 3.02. The molecule has 1 unspecified atom stereocenters. The minimum Gasteiger partial charge on any atom is -0.315 e. The maximum Gasteiger partial charge on any atom is 0.147 e. The van der Waals surface area contributed by atoms with E-state index in [4.69, 9.17) is 0 Å². The van der Waals surface area contributed by atoms with Crippen molar-refractivity contribution < 1.29 is 0 Å². The number of hydrogen-bond donors (Lipinski definition) is 1. The van der Waals surface area contributed by atoms with E-state index in [1.807, 2.05) is 12.4 Å². The Morgan fingerprint density at radius 3 is 3.31 bits per heavy atom. The van der Waals surface area contributed by atoms with Gasteiger partial charge >= 0.3 is 0 Å². The number of hydrogen-bond acceptors (Lipinski definition) is 4. The van der Waals surface area contributed by atoms with Crippen LogP contribution in [0, 0.1) is 0 Å². The first kappa shape index (κ1) is 11.3. The lowest BCUT2D eigenvalue weighted by Gasteiger charge is -2.32. The van der Waals surface area contributed by atoms with Gasteiger partial charge in [-0.05, 0) is 6.92 Å². The zero-order chi connectivity index (χ0) is 11.4. The van der Waals surface area contributed by atoms with Gasteiger partial charge in [-0.2, -0.15) is 0 Å². The van der Waals surface area contributed by atoms with E-state index in [2.05, 4.69) is 38.5 Å². The predicted octanol–water partition coefficient (Wildman–Crippen LogP) is 0.258. The Morgan fingerprint density at radius 1 is 1.62 bits per heavy atom. The van der Waals surface area contributed by atoms with Gasteiger partial charge in [-0.15, -0.1) is 16.8 Å². The summed E-state index contributed by atoms with van der Waals surface area (Å²) in [7, 11) is 0. The fourth-order valence-electron chi connectivity index (χ4n) is 1.98. The van der Waals surface area contributed by atoms with Gasteiger partial charge in [0, 0.05) is 32.2 Å². The van der Waals surface area contributed by atoms with Crippen molar-refractivity contribution in [2.45, 2.75) is 26.1 Å². The molecule has 5 heteroatoms. The number of fused-ring (bicyclic) bond motifs is 1. The average Bonchev–Trinajstić information content (AvgIpc) is 2.76. The molecule has 5 nitrogen and oxygen atoms in total. The molecule has 1 aromatic rings. The molecule has 0 fully saturated rings. The third-order valence-corrected chi connectivity index (χ3v) is 3.02. The van der Waals surface area contributed by atoms with Crippen LogP contribution in [0.15, 0.2) is 19.0 Å². The van der Waals surface area contributed by atoms with Gasteiger partial charge in [0.15, 0.2) is 0 Å². The third kappa shape index (κ3) is 2.48. The van der Waals surface area contributed by atoms with Crippen LogP contribution >= 0.6 is 0 Å². The van der Waals surface area contributed by atoms with E-state index in [1.165, 1.54) is 0 Å². The first-order chi connectivity index (χ1) is 7.81. The second-order valence-corrected chi connectivity index (χ2v) is 4.21. The van der Waals surface area contributed by atoms with Crippen LogP contribution in [0.25, 0.3) is 0 Å². The summed E-state index contributed by atoms with van der Waals surface area (Å²) in [5, 5.41) is 11.4. The fourth-order valence-corrected chi connectivity index (χ4v) is 1.98. The molecule has 0 aromatic carbocycles. The summed E-state index contributed by atoms with van der Waals surface area (Å²) in [5.74, 6) is 1.07. The Hall–Kier alpha value is -1.20. The van der Waals surface area contributed by atoms with Gasteiger partial charge in [0.2, 0.25) is 0 Å². The molecule has 1 aliphatic heterocycles. The Balaban J connectivity index is 1.85. The molecule has 0 aliphatic carbocycles. The fraction of sp³-hybridized carbons (Fsp3) is 0.636. The molecule has 0 bridgehead atoms. The van der Waals surface area contributed by atoms with E-state index >= 15 is 0 Å². The largest absolute Gasteiger partial charge is 0.315 e. The van der Waals surface area contributed by atoms with Gasteiger partial charge in [0.25, 0.3) is 0 Å². The highest BCUT2D eigenvalue weighted by molar-refractivity contribution is 4.91. The minimum absolute atomic E-state index is 0.519. The van der Waals surface area contributed by atoms with Crippen LogP contribution in [0.5, 0.6) is 0 Å². The van der Waals surface area contributed by atoms with Gasteiger partial charge in [0.05, 0.1) is 6.54 Å². The summed E-state index contributed by atoms with van der Waals surface area (Å²) >= 11 is 0. The topological polar surface area (TPSA) is 46.0 Å². The zero-order valence-corrected chi connectivity index (χ0v) is 9.76. The summed E-state index contributed by atoms with van der Waals surface area (Å²) in [5.41, 5.74) is 0. The average molecular weight is 221 g/mol. The molecule has 0 amide bonds. The minimum atomic E-state index is 0.519. The van der Waals surface area contributed by atoms with E-state index in [0.717, 1.165) is 38.5 Å². The van der Waals surface area contributed by atoms with Crippen LogP contribution in [-0.4, -0.2) is 45.3 Å². The van der Waals surface area contributed by atoms with Crippen LogP contribution in [0.1, 0.15) is 12.7 Å². The molecule has 1 aromatic heterocycles. The number of aromatic nitrogens is 3. The predicted molar refractivity (Wildman–Crippen MR) is 63.0 cm³/mol. The Morgan fingerprint density at radius 2 is 2.50 bits per heavy atom. The smallest absolute Gasteiger partial charge is 0.147 e. The highest BCUT2D eigenvalue weighted by atomic mass is 15.3. The molecule has 1 N–H and O–H groups in total. The van der Waals surface area contributed by atoms with Crippen molar-refractivity contribution in [1.29, 1.82) is 0 Å². The van der Waals surface area contributed by atoms with Crippen LogP contribution in [-0.2, 0) is 13.1 Å². The van der Waals surface area contributed by atoms with E-state index in [9.17, 15) is 0 Å². The van der Waals surface area contributed by atoms with E-state index in [1.54, 1.807) is 0 Å². The summed E-state index contributed by atoms with van der Waals surface area (Å²) in [6.45, 7) is 10.8. The van der Waals surface area contributed by atoms with Gasteiger partial charge in [-0.25, -0.2) is 0 Å². The summed E-state index contributed by atoms with van der Waals surface area (Å²) < 4.78 is 2.13. The molecule has 0 spiro atoms. The van der Waals surface area contributed by atoms with E-state index < -0.39 is 0 Å². The van der Waals surface area contributed by atoms with Crippen LogP contribution in [0.3, 0.4) is 0 Å². The van der Waals surface area contributed by atoms with Crippen molar-refractivity contribution in [3.8, 4) is 0 Å². The molecule has 1 aliphatic rings. The maximum atomic E-state index is 4.12. The molecule has 2 heterocycles. The molecule has 2 rings (SSSR count). The van der Waals surface area contributed by atoms with E-state index in [-0.39, 0.29) is 0 Å². The van der Waals surface area contributed by atoms with Crippen molar-refractivity contribution in [1.82, 2.24) is 25.0 Å². The highest BCUT2D eigenvalue weighted by Crippen LogP contribution is 2.11. The van der Waals surface area contributed by atoms with Crippen molar-refractivity contribution in [3.05, 3.63) is 24.8 Å². The molecule has 16 heavy (non-hydrogen) atoms. The van der Waals surface area contributed by atoms with Crippen LogP contribution < -0.4 is 5.32 Å². The van der Waals surface area contributed by atoms with Gasteiger partial charge in [-0.3, -0.25) is 4.90 Å². The van der Waals surface area contributed by atoms with Crippen molar-refractivity contribution >= 4 is 0 Å². The monoisotopic (exact) mass is 221 g/mol. The maximum absolute atomic E-state index is 4.12. The number of nitrogens with zero attached hydrogens (tertiary/aromatic N) is 4. The van der Waals surface area contributed by atoms with E-state index in [0.29, 0.717) is 6.04 Å². The van der Waals surface area contributed by atoms with Crippen LogP contribution in [0.4, 0.5) is 0 Å². The molecule has 0 radical (unpaired) electrons. The molecule has 0 saturated carbocycles. The van der Waals surface area contributed by atoms with Gasteiger partial charge in [-0.1, -0.05) is 6.08 Å². The lowest BCUT2D eigenvalue weighted by atomic mass is 10.2. The zero-order valence-electron chi connectivity index (χ0n) is 9.76. The quantitative estimate of drug-likeness (QED) is 0.572. The summed E-state index contributed by atoms with van der Waals surface area (Å²) in [4.78, 5) is 2.43. The Labute approximate surface area is 96.2 Å². The number of rotatable bonds is 5. The lowest BCUT2D eigenvalue weighted by Crippen LogP contribution is -2.44. The highest BCUT2D eigenvalue weighted by Gasteiger charge is 2.21. The number of nitrogens with one attached hydrogen (secondary N) is 1. The van der Waals surface area contributed by atoms with Gasteiger partial charge < -0.3 is 9.88 Å². The normalized spacial score (nSPS) is 18.1. The SMILES string of the molecule is C=CCNCC(C)N1CCn2cnnc2C1. The first-order valence-corrected chi connectivity index (χ1v) is 5.73. The lowest BCUT2D eigenvalue weighted by molar-refractivity contribution is 0.161. The Bertz CT molecular complexity index is 346. The summed E-state index contributed by atoms with van der Waals surface area (Å²) in [6, 6.07) is 0.519. The molecule has 1 atom stereocenters.